The molecule has 0 spiro atoms. The number of rotatable bonds is 1. The lowest BCUT2D eigenvalue weighted by Gasteiger charge is -2.30. The molecule has 1 unspecified atom stereocenters. The van der Waals surface area contributed by atoms with E-state index in [4.69, 9.17) is 0 Å². The molecule has 0 saturated heterocycles. The molecule has 19 heavy (non-hydrogen) atoms. The third-order valence-corrected chi connectivity index (χ3v) is 3.71. The maximum Gasteiger partial charge on any atom is 0.232 e. The second-order valence-electron chi connectivity index (χ2n) is 6.25. The summed E-state index contributed by atoms with van der Waals surface area (Å²) >= 11 is 0. The minimum atomic E-state index is -0.341. The Kier molecular flexibility index (Phi) is 3.95. The number of amides is 1. The van der Waals surface area contributed by atoms with Crippen LogP contribution >= 0.6 is 0 Å². The molecule has 0 saturated carbocycles. The van der Waals surface area contributed by atoms with Gasteiger partial charge in [0.2, 0.25) is 5.91 Å². The molecule has 0 fully saturated rings. The lowest BCUT2D eigenvalue weighted by atomic mass is 9.94. The zero-order valence-electron chi connectivity index (χ0n) is 12.4. The van der Waals surface area contributed by atoms with Gasteiger partial charge < -0.3 is 10.2 Å². The first-order valence-electron chi connectivity index (χ1n) is 7.03. The smallest absolute Gasteiger partial charge is 0.232 e. The number of nitrogens with one attached hydrogen (secondary N) is 1. The van der Waals surface area contributed by atoms with E-state index in [0.29, 0.717) is 6.04 Å². The Labute approximate surface area is 116 Å². The number of hydrogen-bond donors (Lipinski definition) is 1. The van der Waals surface area contributed by atoms with Crippen LogP contribution in [0.15, 0.2) is 24.3 Å². The van der Waals surface area contributed by atoms with Gasteiger partial charge in [-0.25, -0.2) is 0 Å². The molecular weight excluding hydrogens is 236 g/mol. The standard InChI is InChI=1S/C16H24N2O/c1-16(2,3)15(19)18-11-7-9-13(17-4)12-8-5-6-10-14(12)18/h5-6,8,10,13,17H,7,9,11H2,1-4H3. The van der Waals surface area contributed by atoms with Gasteiger partial charge in [-0.1, -0.05) is 39.0 Å². The van der Waals surface area contributed by atoms with E-state index in [9.17, 15) is 4.79 Å². The molecule has 2 rings (SSSR count). The van der Waals surface area contributed by atoms with Crippen LogP contribution in [0, 0.1) is 5.41 Å². The summed E-state index contributed by atoms with van der Waals surface area (Å²) in [5.74, 6) is 0.205. The maximum atomic E-state index is 12.6. The maximum absolute atomic E-state index is 12.6. The third kappa shape index (κ3) is 2.81. The van der Waals surface area contributed by atoms with Crippen LogP contribution in [0.2, 0.25) is 0 Å². The van der Waals surface area contributed by atoms with E-state index in [1.807, 2.05) is 44.9 Å². The van der Waals surface area contributed by atoms with Gasteiger partial charge in [0, 0.05) is 23.7 Å². The van der Waals surface area contributed by atoms with Crippen LogP contribution in [0.4, 0.5) is 5.69 Å². The van der Waals surface area contributed by atoms with Crippen molar-refractivity contribution in [2.24, 2.45) is 5.41 Å². The highest BCUT2D eigenvalue weighted by molar-refractivity contribution is 5.97. The highest BCUT2D eigenvalue weighted by Gasteiger charge is 2.31. The molecule has 3 nitrogen and oxygen atoms in total. The predicted molar refractivity (Wildman–Crippen MR) is 79.3 cm³/mol. The van der Waals surface area contributed by atoms with E-state index in [1.54, 1.807) is 0 Å². The van der Waals surface area contributed by atoms with Crippen molar-refractivity contribution in [2.45, 2.75) is 39.7 Å². The van der Waals surface area contributed by atoms with E-state index < -0.39 is 0 Å². The summed E-state index contributed by atoms with van der Waals surface area (Å²) in [6.45, 7) is 6.76. The average Bonchev–Trinajstić information content (AvgIpc) is 2.56. The number of anilines is 1. The molecule has 1 aromatic rings. The topological polar surface area (TPSA) is 32.3 Å². The van der Waals surface area contributed by atoms with Gasteiger partial charge in [-0.2, -0.15) is 0 Å². The molecule has 3 heteroatoms. The van der Waals surface area contributed by atoms with Gasteiger partial charge in [0.1, 0.15) is 0 Å². The lowest BCUT2D eigenvalue weighted by molar-refractivity contribution is -0.125. The van der Waals surface area contributed by atoms with Crippen LogP contribution in [0.25, 0.3) is 0 Å². The lowest BCUT2D eigenvalue weighted by Crippen LogP contribution is -2.40. The van der Waals surface area contributed by atoms with Crippen molar-refractivity contribution in [3.05, 3.63) is 29.8 Å². The number of para-hydroxylation sites is 1. The SMILES string of the molecule is CNC1CCCN(C(=O)C(C)(C)C)c2ccccc21. The van der Waals surface area contributed by atoms with Crippen LogP contribution < -0.4 is 10.2 Å². The van der Waals surface area contributed by atoms with E-state index in [-0.39, 0.29) is 11.3 Å². The molecule has 1 amide bonds. The summed E-state index contributed by atoms with van der Waals surface area (Å²) in [4.78, 5) is 14.6. The Morgan fingerprint density at radius 3 is 2.63 bits per heavy atom. The fourth-order valence-electron chi connectivity index (χ4n) is 2.67. The molecular formula is C16H24N2O. The second kappa shape index (κ2) is 5.33. The first kappa shape index (κ1) is 14.1. The van der Waals surface area contributed by atoms with Crippen LogP contribution in [0.3, 0.4) is 0 Å². The van der Waals surface area contributed by atoms with Crippen LogP contribution in [0.5, 0.6) is 0 Å². The summed E-state index contributed by atoms with van der Waals surface area (Å²) in [5, 5.41) is 3.36. The Morgan fingerprint density at radius 2 is 2.00 bits per heavy atom. The van der Waals surface area contributed by atoms with Crippen molar-refractivity contribution in [3.8, 4) is 0 Å². The summed E-state index contributed by atoms with van der Waals surface area (Å²) in [7, 11) is 1.99. The van der Waals surface area contributed by atoms with Crippen LogP contribution in [-0.4, -0.2) is 19.5 Å². The van der Waals surface area contributed by atoms with Gasteiger partial charge >= 0.3 is 0 Å². The van der Waals surface area contributed by atoms with E-state index in [1.165, 1.54) is 5.56 Å². The molecule has 0 aliphatic carbocycles. The molecule has 1 aromatic carbocycles. The van der Waals surface area contributed by atoms with Crippen molar-refractivity contribution in [1.82, 2.24) is 5.32 Å². The summed E-state index contributed by atoms with van der Waals surface area (Å²) in [6, 6.07) is 8.60. The fourth-order valence-corrected chi connectivity index (χ4v) is 2.67. The number of benzene rings is 1. The van der Waals surface area contributed by atoms with E-state index in [0.717, 1.165) is 25.1 Å². The highest BCUT2D eigenvalue weighted by atomic mass is 16.2. The van der Waals surface area contributed by atoms with E-state index >= 15 is 0 Å². The summed E-state index contributed by atoms with van der Waals surface area (Å²) < 4.78 is 0. The molecule has 1 aliphatic rings. The first-order valence-corrected chi connectivity index (χ1v) is 7.03. The number of carbonyl (C=O) groups is 1. The van der Waals surface area contributed by atoms with Gasteiger partial charge in [-0.15, -0.1) is 0 Å². The van der Waals surface area contributed by atoms with Crippen molar-refractivity contribution >= 4 is 11.6 Å². The second-order valence-corrected chi connectivity index (χ2v) is 6.25. The Morgan fingerprint density at radius 1 is 1.32 bits per heavy atom. The number of hydrogen-bond acceptors (Lipinski definition) is 2. The molecule has 1 atom stereocenters. The van der Waals surface area contributed by atoms with Gasteiger partial charge in [0.25, 0.3) is 0 Å². The molecule has 0 radical (unpaired) electrons. The van der Waals surface area contributed by atoms with Crippen molar-refractivity contribution in [1.29, 1.82) is 0 Å². The Bertz CT molecular complexity index is 462. The van der Waals surface area contributed by atoms with Crippen LogP contribution in [-0.2, 0) is 4.79 Å². The van der Waals surface area contributed by atoms with Crippen molar-refractivity contribution in [2.75, 3.05) is 18.5 Å². The first-order chi connectivity index (χ1) is 8.95. The van der Waals surface area contributed by atoms with Gasteiger partial charge in [0.15, 0.2) is 0 Å². The summed E-state index contributed by atoms with van der Waals surface area (Å²) in [5.41, 5.74) is 1.96. The molecule has 0 aromatic heterocycles. The van der Waals surface area contributed by atoms with Crippen LogP contribution in [0.1, 0.15) is 45.2 Å². The Hall–Kier alpha value is -1.35. The van der Waals surface area contributed by atoms with E-state index in [2.05, 4.69) is 17.4 Å². The summed E-state index contributed by atoms with van der Waals surface area (Å²) in [6.07, 6.45) is 2.10. The highest BCUT2D eigenvalue weighted by Crippen LogP contribution is 2.34. The average molecular weight is 260 g/mol. The quantitative estimate of drug-likeness (QED) is 0.841. The molecule has 1 heterocycles. The van der Waals surface area contributed by atoms with Crippen molar-refractivity contribution < 1.29 is 4.79 Å². The predicted octanol–water partition coefficient (Wildman–Crippen LogP) is 3.12. The molecule has 1 aliphatic heterocycles. The zero-order chi connectivity index (χ0) is 14.0. The third-order valence-electron chi connectivity index (χ3n) is 3.71. The van der Waals surface area contributed by atoms with Crippen molar-refractivity contribution in [3.63, 3.8) is 0 Å². The van der Waals surface area contributed by atoms with Gasteiger partial charge in [-0.3, -0.25) is 4.79 Å². The molecule has 0 bridgehead atoms. The minimum Gasteiger partial charge on any atom is -0.313 e. The van der Waals surface area contributed by atoms with Gasteiger partial charge in [0.05, 0.1) is 0 Å². The minimum absolute atomic E-state index is 0.205. The number of carbonyl (C=O) groups excluding carboxylic acids is 1. The number of fused-ring (bicyclic) bond motifs is 1. The Balaban J connectivity index is 2.44. The molecule has 1 N–H and O–H groups in total. The molecule has 104 valence electrons. The largest absolute Gasteiger partial charge is 0.313 e. The number of nitrogens with zero attached hydrogens (tertiary/aromatic N) is 1. The normalized spacial score (nSPS) is 19.8. The van der Waals surface area contributed by atoms with Gasteiger partial charge in [-0.05, 0) is 31.5 Å². The zero-order valence-corrected chi connectivity index (χ0v) is 12.4. The monoisotopic (exact) mass is 260 g/mol. The fraction of sp³-hybridized carbons (Fsp3) is 0.562.